The van der Waals surface area contributed by atoms with Crippen molar-refractivity contribution >= 4 is 5.97 Å². The van der Waals surface area contributed by atoms with Crippen molar-refractivity contribution in [3.05, 3.63) is 71.3 Å². The van der Waals surface area contributed by atoms with E-state index in [0.29, 0.717) is 23.9 Å². The van der Waals surface area contributed by atoms with E-state index in [1.165, 1.54) is 0 Å². The largest absolute Gasteiger partial charge is 0.478 e. The second-order valence-electron chi connectivity index (χ2n) is 9.05. The van der Waals surface area contributed by atoms with Gasteiger partial charge in [0.15, 0.2) is 5.82 Å². The Balaban J connectivity index is 1.77. The number of aromatic nitrogens is 3. The van der Waals surface area contributed by atoms with Crippen molar-refractivity contribution < 1.29 is 9.90 Å². The average molecular weight is 420 g/mol. The van der Waals surface area contributed by atoms with Crippen molar-refractivity contribution in [2.45, 2.75) is 59.9 Å². The highest BCUT2D eigenvalue weighted by molar-refractivity contribution is 5.89. The molecular formula is C26H33N3O2. The minimum atomic E-state index is -0.910. The normalized spacial score (nSPS) is 11.4. The molecule has 164 valence electrons. The molecule has 1 heterocycles. The standard InChI is InChI=1S/C26H33N3O2/c1-18(2)8-14-24-27-25(15-9-19(3)4)29(28-24)17-20-10-12-21(13-11-20)22-6-5-7-23(16-22)26(30)31/h5-7,10-13,16,18-19H,8-9,14-15,17H2,1-4H3,(H,30,31). The highest BCUT2D eigenvalue weighted by Crippen LogP contribution is 2.22. The number of hydrogen-bond acceptors (Lipinski definition) is 3. The fourth-order valence-electron chi connectivity index (χ4n) is 3.49. The summed E-state index contributed by atoms with van der Waals surface area (Å²) in [6.45, 7) is 9.61. The lowest BCUT2D eigenvalue weighted by atomic mass is 10.0. The summed E-state index contributed by atoms with van der Waals surface area (Å²) in [6.07, 6.45) is 4.05. The molecule has 3 aromatic rings. The van der Waals surface area contributed by atoms with Gasteiger partial charge in [0, 0.05) is 12.8 Å². The number of carboxylic acid groups (broad SMARTS) is 1. The molecule has 2 aromatic carbocycles. The Hall–Kier alpha value is -2.95. The lowest BCUT2D eigenvalue weighted by Crippen LogP contribution is -2.08. The van der Waals surface area contributed by atoms with Crippen molar-refractivity contribution in [3.8, 4) is 11.1 Å². The number of nitrogens with zero attached hydrogens (tertiary/aromatic N) is 3. The third-order valence-corrected chi connectivity index (χ3v) is 5.41. The van der Waals surface area contributed by atoms with Gasteiger partial charge in [0.05, 0.1) is 12.1 Å². The third kappa shape index (κ3) is 6.51. The first kappa shape index (κ1) is 22.7. The van der Waals surface area contributed by atoms with E-state index in [9.17, 15) is 9.90 Å². The van der Waals surface area contributed by atoms with Crippen LogP contribution >= 0.6 is 0 Å². The number of carboxylic acids is 1. The molecule has 31 heavy (non-hydrogen) atoms. The van der Waals surface area contributed by atoms with Crippen LogP contribution in [0.3, 0.4) is 0 Å². The molecule has 0 aliphatic rings. The van der Waals surface area contributed by atoms with Gasteiger partial charge in [-0.15, -0.1) is 0 Å². The van der Waals surface area contributed by atoms with Gasteiger partial charge in [-0.3, -0.25) is 0 Å². The Morgan fingerprint density at radius 3 is 2.26 bits per heavy atom. The molecule has 3 rings (SSSR count). The molecule has 0 amide bonds. The molecule has 0 atom stereocenters. The van der Waals surface area contributed by atoms with Crippen LogP contribution in [0.25, 0.3) is 11.1 Å². The van der Waals surface area contributed by atoms with E-state index < -0.39 is 5.97 Å². The Morgan fingerprint density at radius 2 is 1.61 bits per heavy atom. The Kier molecular flexibility index (Phi) is 7.61. The monoisotopic (exact) mass is 419 g/mol. The van der Waals surface area contributed by atoms with E-state index >= 15 is 0 Å². The third-order valence-electron chi connectivity index (χ3n) is 5.41. The van der Waals surface area contributed by atoms with Crippen LogP contribution in [0, 0.1) is 11.8 Å². The molecule has 5 heteroatoms. The molecular weight excluding hydrogens is 386 g/mol. The van der Waals surface area contributed by atoms with Crippen LogP contribution in [0.4, 0.5) is 0 Å². The highest BCUT2D eigenvalue weighted by atomic mass is 16.4. The first-order valence-corrected chi connectivity index (χ1v) is 11.2. The molecule has 0 spiro atoms. The molecule has 0 saturated carbocycles. The quantitative estimate of drug-likeness (QED) is 0.446. The summed E-state index contributed by atoms with van der Waals surface area (Å²) in [5.74, 6) is 2.36. The van der Waals surface area contributed by atoms with Gasteiger partial charge in [0.2, 0.25) is 0 Å². The van der Waals surface area contributed by atoms with E-state index in [-0.39, 0.29) is 0 Å². The number of rotatable bonds is 10. The number of hydrogen-bond donors (Lipinski definition) is 1. The van der Waals surface area contributed by atoms with Crippen LogP contribution in [0.1, 0.15) is 68.1 Å². The van der Waals surface area contributed by atoms with Crippen LogP contribution < -0.4 is 0 Å². The molecule has 0 fully saturated rings. The molecule has 0 saturated heterocycles. The van der Waals surface area contributed by atoms with Gasteiger partial charge in [-0.25, -0.2) is 14.5 Å². The zero-order valence-corrected chi connectivity index (χ0v) is 19.0. The number of benzene rings is 2. The number of aromatic carboxylic acids is 1. The Labute approximate surface area is 185 Å². The van der Waals surface area contributed by atoms with E-state index in [2.05, 4.69) is 44.5 Å². The first-order valence-electron chi connectivity index (χ1n) is 11.2. The number of aryl methyl sites for hydroxylation is 2. The van der Waals surface area contributed by atoms with E-state index in [0.717, 1.165) is 54.0 Å². The van der Waals surface area contributed by atoms with Gasteiger partial charge in [-0.05, 0) is 53.5 Å². The predicted octanol–water partition coefficient (Wildman–Crippen LogP) is 5.87. The van der Waals surface area contributed by atoms with Crippen molar-refractivity contribution in [2.75, 3.05) is 0 Å². The van der Waals surface area contributed by atoms with Gasteiger partial charge in [0.1, 0.15) is 5.82 Å². The molecule has 0 aliphatic heterocycles. The van der Waals surface area contributed by atoms with Crippen molar-refractivity contribution in [1.82, 2.24) is 14.8 Å². The van der Waals surface area contributed by atoms with Gasteiger partial charge >= 0.3 is 5.97 Å². The fraction of sp³-hybridized carbons (Fsp3) is 0.423. The number of carbonyl (C=O) groups is 1. The van der Waals surface area contributed by atoms with Crippen LogP contribution in [0.2, 0.25) is 0 Å². The van der Waals surface area contributed by atoms with E-state index in [4.69, 9.17) is 10.1 Å². The second kappa shape index (κ2) is 10.4. The fourth-order valence-corrected chi connectivity index (χ4v) is 3.49. The SMILES string of the molecule is CC(C)CCc1nc(CCC(C)C)n(Cc2ccc(-c3cccc(C(=O)O)c3)cc2)n1. The van der Waals surface area contributed by atoms with Crippen molar-refractivity contribution in [1.29, 1.82) is 0 Å². The average Bonchev–Trinajstić information content (AvgIpc) is 3.13. The summed E-state index contributed by atoms with van der Waals surface area (Å²) in [4.78, 5) is 16.1. The molecule has 5 nitrogen and oxygen atoms in total. The van der Waals surface area contributed by atoms with Crippen molar-refractivity contribution in [3.63, 3.8) is 0 Å². The smallest absolute Gasteiger partial charge is 0.335 e. The summed E-state index contributed by atoms with van der Waals surface area (Å²) in [5.41, 5.74) is 3.36. The zero-order chi connectivity index (χ0) is 22.4. The summed E-state index contributed by atoms with van der Waals surface area (Å²) >= 11 is 0. The molecule has 0 radical (unpaired) electrons. The highest BCUT2D eigenvalue weighted by Gasteiger charge is 2.12. The maximum absolute atomic E-state index is 11.2. The van der Waals surface area contributed by atoms with Gasteiger partial charge in [0.25, 0.3) is 0 Å². The molecule has 1 aromatic heterocycles. The molecule has 0 bridgehead atoms. The second-order valence-corrected chi connectivity index (χ2v) is 9.05. The molecule has 0 unspecified atom stereocenters. The zero-order valence-electron chi connectivity index (χ0n) is 19.0. The maximum Gasteiger partial charge on any atom is 0.335 e. The Bertz CT molecular complexity index is 1000. The first-order chi connectivity index (χ1) is 14.8. The topological polar surface area (TPSA) is 68.0 Å². The summed E-state index contributed by atoms with van der Waals surface area (Å²) < 4.78 is 2.05. The van der Waals surface area contributed by atoms with Crippen molar-refractivity contribution in [2.24, 2.45) is 11.8 Å². The lowest BCUT2D eigenvalue weighted by Gasteiger charge is -2.09. The minimum absolute atomic E-state index is 0.299. The van der Waals surface area contributed by atoms with Crippen LogP contribution in [-0.4, -0.2) is 25.8 Å². The van der Waals surface area contributed by atoms with Crippen LogP contribution in [0.15, 0.2) is 48.5 Å². The summed E-state index contributed by atoms with van der Waals surface area (Å²) in [7, 11) is 0. The lowest BCUT2D eigenvalue weighted by molar-refractivity contribution is 0.0697. The minimum Gasteiger partial charge on any atom is -0.478 e. The van der Waals surface area contributed by atoms with Crippen LogP contribution in [0.5, 0.6) is 0 Å². The summed E-state index contributed by atoms with van der Waals surface area (Å²) in [5, 5.41) is 14.0. The van der Waals surface area contributed by atoms with Crippen LogP contribution in [-0.2, 0) is 19.4 Å². The van der Waals surface area contributed by atoms with E-state index in [1.54, 1.807) is 18.2 Å². The Morgan fingerprint density at radius 1 is 0.935 bits per heavy atom. The molecule has 1 N–H and O–H groups in total. The molecule has 0 aliphatic carbocycles. The van der Waals surface area contributed by atoms with E-state index in [1.807, 2.05) is 18.2 Å². The predicted molar refractivity (Wildman–Crippen MR) is 124 cm³/mol. The van der Waals surface area contributed by atoms with Gasteiger partial charge in [-0.2, -0.15) is 5.10 Å². The maximum atomic E-state index is 11.2. The van der Waals surface area contributed by atoms with Gasteiger partial charge < -0.3 is 5.11 Å². The summed E-state index contributed by atoms with van der Waals surface area (Å²) in [6, 6.07) is 15.3. The van der Waals surface area contributed by atoms with Gasteiger partial charge in [-0.1, -0.05) is 64.1 Å².